The van der Waals surface area contributed by atoms with Gasteiger partial charge in [0.1, 0.15) is 5.76 Å². The zero-order chi connectivity index (χ0) is 12.3. The lowest BCUT2D eigenvalue weighted by Gasteiger charge is -2.19. The number of aromatic nitrogens is 4. The Labute approximate surface area is 104 Å². The van der Waals surface area contributed by atoms with Crippen LogP contribution in [0.15, 0.2) is 28.0 Å². The van der Waals surface area contributed by atoms with E-state index in [0.717, 1.165) is 17.3 Å². The summed E-state index contributed by atoms with van der Waals surface area (Å²) in [5, 5.41) is 12.1. The fourth-order valence-electron chi connectivity index (χ4n) is 1.46. The van der Waals surface area contributed by atoms with E-state index < -0.39 is 0 Å². The number of thioether (sulfide) groups is 1. The minimum Gasteiger partial charge on any atom is -0.468 e. The summed E-state index contributed by atoms with van der Waals surface area (Å²) in [4.78, 5) is 0. The van der Waals surface area contributed by atoms with Crippen molar-refractivity contribution in [3.8, 4) is 0 Å². The highest BCUT2D eigenvalue weighted by Crippen LogP contribution is 2.36. The first kappa shape index (κ1) is 12.1. The lowest BCUT2D eigenvalue weighted by atomic mass is 10.1. The van der Waals surface area contributed by atoms with Gasteiger partial charge in [-0.05, 0) is 29.0 Å². The van der Waals surface area contributed by atoms with Gasteiger partial charge in [0.15, 0.2) is 0 Å². The van der Waals surface area contributed by atoms with Gasteiger partial charge in [0, 0.05) is 13.1 Å². The second-order valence-electron chi connectivity index (χ2n) is 3.71. The molecule has 0 bridgehead atoms. The van der Waals surface area contributed by atoms with Gasteiger partial charge >= 0.3 is 0 Å². The van der Waals surface area contributed by atoms with Crippen LogP contribution in [0.1, 0.15) is 24.4 Å². The van der Waals surface area contributed by atoms with Crippen molar-refractivity contribution in [3.63, 3.8) is 0 Å². The third-order valence-corrected chi connectivity index (χ3v) is 3.89. The van der Waals surface area contributed by atoms with E-state index >= 15 is 0 Å². The lowest BCUT2D eigenvalue weighted by molar-refractivity contribution is 0.473. The average molecular weight is 253 g/mol. The summed E-state index contributed by atoms with van der Waals surface area (Å²) in [6, 6.07) is 3.79. The van der Waals surface area contributed by atoms with Gasteiger partial charge < -0.3 is 10.2 Å². The number of aryl methyl sites for hydroxylation is 1. The Morgan fingerprint density at radius 1 is 1.59 bits per heavy atom. The molecule has 2 N–H and O–H groups in total. The van der Waals surface area contributed by atoms with Gasteiger partial charge in [-0.15, -0.1) is 5.10 Å². The van der Waals surface area contributed by atoms with Crippen LogP contribution in [0.25, 0.3) is 0 Å². The molecule has 2 aromatic heterocycles. The van der Waals surface area contributed by atoms with Crippen LogP contribution in [-0.4, -0.2) is 26.2 Å². The fraction of sp³-hybridized carbons (Fsp3) is 0.500. The number of hydrogen-bond donors (Lipinski definition) is 1. The van der Waals surface area contributed by atoms with Crippen molar-refractivity contribution in [1.29, 1.82) is 0 Å². The van der Waals surface area contributed by atoms with Crippen LogP contribution in [0, 0.1) is 0 Å². The van der Waals surface area contributed by atoms with E-state index in [1.165, 1.54) is 11.8 Å². The van der Waals surface area contributed by atoms with Crippen LogP contribution in [-0.2, 0) is 7.05 Å². The summed E-state index contributed by atoms with van der Waals surface area (Å²) in [5.74, 6) is 0.854. The van der Waals surface area contributed by atoms with Gasteiger partial charge in [0.25, 0.3) is 0 Å². The molecule has 6 nitrogen and oxygen atoms in total. The molecule has 92 valence electrons. The van der Waals surface area contributed by atoms with Crippen LogP contribution in [0.3, 0.4) is 0 Å². The standard InChI is InChI=1S/C10H15N5OS/c1-3-7(11)9(8-5-4-6-16-8)17-10-12-13-14-15(10)2/h4-7,9H,3,11H2,1-2H3. The molecule has 2 aromatic rings. The smallest absolute Gasteiger partial charge is 0.209 e. The van der Waals surface area contributed by atoms with Crippen molar-refractivity contribution in [3.05, 3.63) is 24.2 Å². The summed E-state index contributed by atoms with van der Waals surface area (Å²) in [5.41, 5.74) is 6.12. The first-order valence-electron chi connectivity index (χ1n) is 5.40. The Morgan fingerprint density at radius 3 is 2.94 bits per heavy atom. The molecule has 2 rings (SSSR count). The van der Waals surface area contributed by atoms with Crippen LogP contribution in [0.2, 0.25) is 0 Å². The summed E-state index contributed by atoms with van der Waals surface area (Å²) in [7, 11) is 1.80. The molecule has 0 aliphatic heterocycles. The Balaban J connectivity index is 2.20. The van der Waals surface area contributed by atoms with E-state index in [1.807, 2.05) is 12.1 Å². The highest BCUT2D eigenvalue weighted by molar-refractivity contribution is 7.99. The van der Waals surface area contributed by atoms with Gasteiger partial charge in [-0.1, -0.05) is 18.7 Å². The third-order valence-electron chi connectivity index (χ3n) is 2.50. The Hall–Kier alpha value is -1.34. The first-order chi connectivity index (χ1) is 8.22. The maximum absolute atomic E-state index is 6.12. The molecule has 2 atom stereocenters. The normalized spacial score (nSPS) is 14.8. The van der Waals surface area contributed by atoms with Crippen LogP contribution >= 0.6 is 11.8 Å². The van der Waals surface area contributed by atoms with E-state index in [1.54, 1.807) is 18.0 Å². The molecule has 0 amide bonds. The minimum absolute atomic E-state index is 0.00264. The van der Waals surface area contributed by atoms with Crippen molar-refractivity contribution < 1.29 is 4.42 Å². The lowest BCUT2D eigenvalue weighted by Crippen LogP contribution is -2.25. The number of nitrogens with two attached hydrogens (primary N) is 1. The van der Waals surface area contributed by atoms with E-state index in [9.17, 15) is 0 Å². The van der Waals surface area contributed by atoms with Crippen LogP contribution in [0.5, 0.6) is 0 Å². The quantitative estimate of drug-likeness (QED) is 0.810. The molecule has 0 aromatic carbocycles. The maximum Gasteiger partial charge on any atom is 0.209 e. The summed E-state index contributed by atoms with van der Waals surface area (Å²) in [6.07, 6.45) is 2.52. The van der Waals surface area contributed by atoms with Gasteiger partial charge in [-0.3, -0.25) is 0 Å². The molecule has 0 aliphatic carbocycles. The molecule has 2 unspecified atom stereocenters. The van der Waals surface area contributed by atoms with E-state index in [-0.39, 0.29) is 11.3 Å². The third kappa shape index (κ3) is 2.67. The van der Waals surface area contributed by atoms with Crippen LogP contribution in [0.4, 0.5) is 0 Å². The molecule has 0 saturated carbocycles. The van der Waals surface area contributed by atoms with Crippen molar-refractivity contribution in [1.82, 2.24) is 20.2 Å². The molecule has 0 spiro atoms. The molecule has 0 aliphatic rings. The van der Waals surface area contributed by atoms with Gasteiger partial charge in [-0.2, -0.15) is 0 Å². The average Bonchev–Trinajstić information content (AvgIpc) is 2.97. The Morgan fingerprint density at radius 2 is 2.41 bits per heavy atom. The molecule has 17 heavy (non-hydrogen) atoms. The molecule has 7 heteroatoms. The second-order valence-corrected chi connectivity index (χ2v) is 4.82. The Bertz CT molecular complexity index is 455. The summed E-state index contributed by atoms with van der Waals surface area (Å²) in [6.45, 7) is 2.05. The predicted octanol–water partition coefficient (Wildman–Crippen LogP) is 1.37. The summed E-state index contributed by atoms with van der Waals surface area (Å²) < 4.78 is 7.06. The van der Waals surface area contributed by atoms with E-state index in [4.69, 9.17) is 10.2 Å². The molecular formula is C10H15N5OS. The van der Waals surface area contributed by atoms with E-state index in [0.29, 0.717) is 0 Å². The largest absolute Gasteiger partial charge is 0.468 e. The van der Waals surface area contributed by atoms with Crippen LogP contribution < -0.4 is 5.73 Å². The summed E-state index contributed by atoms with van der Waals surface area (Å²) >= 11 is 1.52. The highest BCUT2D eigenvalue weighted by Gasteiger charge is 2.24. The zero-order valence-electron chi connectivity index (χ0n) is 9.78. The first-order valence-corrected chi connectivity index (χ1v) is 6.28. The predicted molar refractivity (Wildman–Crippen MR) is 64.4 cm³/mol. The number of furan rings is 1. The van der Waals surface area contributed by atoms with Gasteiger partial charge in [-0.25, -0.2) is 4.68 Å². The van der Waals surface area contributed by atoms with Crippen molar-refractivity contribution >= 4 is 11.8 Å². The second kappa shape index (κ2) is 5.33. The zero-order valence-corrected chi connectivity index (χ0v) is 10.6. The highest BCUT2D eigenvalue weighted by atomic mass is 32.2. The Kier molecular flexibility index (Phi) is 3.80. The number of rotatable bonds is 5. The molecule has 0 saturated heterocycles. The number of hydrogen-bond acceptors (Lipinski definition) is 6. The van der Waals surface area contributed by atoms with Crippen molar-refractivity contribution in [2.75, 3.05) is 0 Å². The SMILES string of the molecule is CCC(N)C(Sc1nnnn1C)c1ccco1. The topological polar surface area (TPSA) is 82.8 Å². The van der Waals surface area contributed by atoms with E-state index in [2.05, 4.69) is 22.4 Å². The molecular weight excluding hydrogens is 238 g/mol. The minimum atomic E-state index is 0.00264. The van der Waals surface area contributed by atoms with Gasteiger partial charge in [0.2, 0.25) is 5.16 Å². The molecule has 2 heterocycles. The van der Waals surface area contributed by atoms with Crippen molar-refractivity contribution in [2.45, 2.75) is 29.8 Å². The molecule has 0 radical (unpaired) electrons. The number of nitrogens with zero attached hydrogens (tertiary/aromatic N) is 4. The molecule has 0 fully saturated rings. The monoisotopic (exact) mass is 253 g/mol. The maximum atomic E-state index is 6.12. The fourth-order valence-corrected chi connectivity index (χ4v) is 2.58. The number of tetrazole rings is 1. The van der Waals surface area contributed by atoms with Crippen molar-refractivity contribution in [2.24, 2.45) is 12.8 Å². The van der Waals surface area contributed by atoms with Gasteiger partial charge in [0.05, 0.1) is 11.5 Å².